The number of nitrogens with zero attached hydrogens (tertiary/aromatic N) is 1. The maximum absolute atomic E-state index is 13.3. The van der Waals surface area contributed by atoms with Crippen molar-refractivity contribution in [2.45, 2.75) is 44.3 Å². The Kier molecular flexibility index (Phi) is 2.07. The van der Waals surface area contributed by atoms with Gasteiger partial charge < -0.3 is 4.74 Å². The maximum Gasteiger partial charge on any atom is 0.286 e. The number of fused-ring (bicyclic) bond motifs is 3. The van der Waals surface area contributed by atoms with Crippen molar-refractivity contribution in [2.75, 3.05) is 13.2 Å². The van der Waals surface area contributed by atoms with Crippen molar-refractivity contribution in [2.24, 2.45) is 0 Å². The predicted molar refractivity (Wildman–Crippen MR) is 44.9 cm³/mol. The van der Waals surface area contributed by atoms with Gasteiger partial charge in [-0.25, -0.2) is 8.78 Å². The van der Waals surface area contributed by atoms with E-state index < -0.39 is 18.6 Å². The molecule has 4 heteroatoms. The van der Waals surface area contributed by atoms with E-state index in [0.717, 1.165) is 0 Å². The molecule has 0 radical (unpaired) electrons. The van der Waals surface area contributed by atoms with Crippen LogP contribution in [-0.2, 0) is 4.74 Å². The molecule has 0 amide bonds. The average molecular weight is 191 g/mol. The van der Waals surface area contributed by atoms with Gasteiger partial charge in [-0.1, -0.05) is 0 Å². The van der Waals surface area contributed by atoms with E-state index in [0.29, 0.717) is 13.0 Å². The molecule has 2 bridgehead atoms. The van der Waals surface area contributed by atoms with Crippen LogP contribution in [0, 0.1) is 0 Å². The fraction of sp³-hybridized carbons (Fsp3) is 1.00. The van der Waals surface area contributed by atoms with E-state index in [4.69, 9.17) is 4.74 Å². The lowest BCUT2D eigenvalue weighted by molar-refractivity contribution is -0.144. The van der Waals surface area contributed by atoms with E-state index in [9.17, 15) is 8.78 Å². The summed E-state index contributed by atoms with van der Waals surface area (Å²) in [6.07, 6.45) is 0.588. The third kappa shape index (κ3) is 1.36. The molecule has 0 aromatic heterocycles. The van der Waals surface area contributed by atoms with Gasteiger partial charge in [-0.15, -0.1) is 0 Å². The van der Waals surface area contributed by atoms with Gasteiger partial charge in [-0.2, -0.15) is 0 Å². The zero-order valence-electron chi connectivity index (χ0n) is 7.96. The maximum atomic E-state index is 13.3. The SMILES string of the molecule is CC(C)N1[C@H]2COCC(F)(F)[C@@H]1C2. The van der Waals surface area contributed by atoms with Crippen LogP contribution in [0.5, 0.6) is 0 Å². The molecule has 76 valence electrons. The Morgan fingerprint density at radius 2 is 2.15 bits per heavy atom. The summed E-state index contributed by atoms with van der Waals surface area (Å²) < 4.78 is 31.6. The first kappa shape index (κ1) is 9.34. The quantitative estimate of drug-likeness (QED) is 0.622. The van der Waals surface area contributed by atoms with Crippen LogP contribution < -0.4 is 0 Å². The van der Waals surface area contributed by atoms with Gasteiger partial charge in [0.1, 0.15) is 6.61 Å². The summed E-state index contributed by atoms with van der Waals surface area (Å²) in [4.78, 5) is 1.88. The summed E-state index contributed by atoms with van der Waals surface area (Å²) >= 11 is 0. The van der Waals surface area contributed by atoms with Crippen molar-refractivity contribution in [3.05, 3.63) is 0 Å². The molecule has 2 atom stereocenters. The molecule has 0 aromatic rings. The van der Waals surface area contributed by atoms with Gasteiger partial charge in [0.15, 0.2) is 0 Å². The minimum atomic E-state index is -2.66. The van der Waals surface area contributed by atoms with Gasteiger partial charge >= 0.3 is 0 Å². The summed E-state index contributed by atoms with van der Waals surface area (Å²) in [6.45, 7) is 3.97. The Labute approximate surface area is 76.9 Å². The third-order valence-corrected chi connectivity index (χ3v) is 2.97. The molecule has 13 heavy (non-hydrogen) atoms. The highest BCUT2D eigenvalue weighted by atomic mass is 19.3. The smallest absolute Gasteiger partial charge is 0.286 e. The molecule has 3 aliphatic rings. The Morgan fingerprint density at radius 3 is 2.77 bits per heavy atom. The Bertz CT molecular complexity index is 208. The lowest BCUT2D eigenvalue weighted by Gasteiger charge is -2.50. The molecule has 2 nitrogen and oxygen atoms in total. The lowest BCUT2D eigenvalue weighted by atomic mass is 9.88. The Hall–Kier alpha value is -0.220. The largest absolute Gasteiger partial charge is 0.374 e. The molecular weight excluding hydrogens is 176 g/mol. The lowest BCUT2D eigenvalue weighted by Crippen LogP contribution is -2.65. The van der Waals surface area contributed by atoms with Crippen molar-refractivity contribution in [1.82, 2.24) is 4.90 Å². The van der Waals surface area contributed by atoms with Crippen LogP contribution in [0.1, 0.15) is 20.3 Å². The second kappa shape index (κ2) is 2.89. The van der Waals surface area contributed by atoms with E-state index in [2.05, 4.69) is 0 Å². The average Bonchev–Trinajstić information content (AvgIpc) is 2.11. The van der Waals surface area contributed by atoms with Crippen molar-refractivity contribution < 1.29 is 13.5 Å². The van der Waals surface area contributed by atoms with E-state index in [1.54, 1.807) is 0 Å². The Balaban J connectivity index is 2.15. The van der Waals surface area contributed by atoms with E-state index >= 15 is 0 Å². The predicted octanol–water partition coefficient (Wildman–Crippen LogP) is 1.50. The second-order valence-electron chi connectivity index (χ2n) is 4.22. The molecule has 0 saturated carbocycles. The molecule has 3 aliphatic heterocycles. The normalized spacial score (nSPS) is 38.5. The summed E-state index contributed by atoms with van der Waals surface area (Å²) in [5.74, 6) is -2.66. The van der Waals surface area contributed by atoms with E-state index in [-0.39, 0.29) is 12.1 Å². The van der Waals surface area contributed by atoms with Crippen LogP contribution in [0.25, 0.3) is 0 Å². The zero-order valence-corrected chi connectivity index (χ0v) is 7.96. The van der Waals surface area contributed by atoms with Crippen LogP contribution in [0.15, 0.2) is 0 Å². The number of hydrogen-bond donors (Lipinski definition) is 0. The van der Waals surface area contributed by atoms with E-state index in [1.165, 1.54) is 0 Å². The van der Waals surface area contributed by atoms with Crippen molar-refractivity contribution in [1.29, 1.82) is 0 Å². The topological polar surface area (TPSA) is 12.5 Å². The number of rotatable bonds is 1. The van der Waals surface area contributed by atoms with Gasteiger partial charge in [0.05, 0.1) is 12.6 Å². The molecule has 0 spiro atoms. The summed E-state index contributed by atoms with van der Waals surface area (Å²) in [5, 5.41) is 0. The molecular formula is C9H15F2NO. The van der Waals surface area contributed by atoms with Crippen LogP contribution in [0.3, 0.4) is 0 Å². The first-order valence-electron chi connectivity index (χ1n) is 4.75. The standard InChI is InChI=1S/C9H15F2NO/c1-6(2)12-7-3-8(12)9(10,11)5-13-4-7/h6-8H,3-5H2,1-2H3/t7-,8+/m1/s1. The number of ether oxygens (including phenoxy) is 1. The third-order valence-electron chi connectivity index (χ3n) is 2.97. The van der Waals surface area contributed by atoms with Crippen molar-refractivity contribution in [3.8, 4) is 0 Å². The Morgan fingerprint density at radius 1 is 1.46 bits per heavy atom. The van der Waals surface area contributed by atoms with Gasteiger partial charge in [0, 0.05) is 12.1 Å². The minimum Gasteiger partial charge on any atom is -0.374 e. The second-order valence-corrected chi connectivity index (χ2v) is 4.22. The molecule has 3 saturated heterocycles. The van der Waals surface area contributed by atoms with Gasteiger partial charge in [0.25, 0.3) is 5.92 Å². The fourth-order valence-corrected chi connectivity index (χ4v) is 2.37. The molecule has 3 fully saturated rings. The number of halogens is 2. The van der Waals surface area contributed by atoms with Crippen molar-refractivity contribution in [3.63, 3.8) is 0 Å². The molecule has 3 rings (SSSR count). The van der Waals surface area contributed by atoms with Gasteiger partial charge in [0.2, 0.25) is 0 Å². The first-order valence-corrected chi connectivity index (χ1v) is 4.75. The number of hydrogen-bond acceptors (Lipinski definition) is 2. The zero-order chi connectivity index (χ0) is 9.64. The van der Waals surface area contributed by atoms with Crippen LogP contribution in [0.4, 0.5) is 8.78 Å². The minimum absolute atomic E-state index is 0.191. The monoisotopic (exact) mass is 191 g/mol. The van der Waals surface area contributed by atoms with Crippen LogP contribution in [0.2, 0.25) is 0 Å². The number of alkyl halides is 2. The summed E-state index contributed by atoms with van der Waals surface area (Å²) in [5.41, 5.74) is 0. The molecule has 0 aromatic carbocycles. The van der Waals surface area contributed by atoms with Gasteiger partial charge in [-0.05, 0) is 20.3 Å². The highest BCUT2D eigenvalue weighted by molar-refractivity contribution is 5.03. The molecule has 3 heterocycles. The van der Waals surface area contributed by atoms with Crippen molar-refractivity contribution >= 4 is 0 Å². The van der Waals surface area contributed by atoms with E-state index in [1.807, 2.05) is 18.7 Å². The van der Waals surface area contributed by atoms with Crippen LogP contribution >= 0.6 is 0 Å². The first-order chi connectivity index (χ1) is 6.02. The fourth-order valence-electron chi connectivity index (χ4n) is 2.37. The summed E-state index contributed by atoms with van der Waals surface area (Å²) in [7, 11) is 0. The van der Waals surface area contributed by atoms with Crippen LogP contribution in [-0.4, -0.2) is 42.2 Å². The highest BCUT2D eigenvalue weighted by Gasteiger charge is 2.56. The molecule has 0 aliphatic carbocycles. The molecule has 0 N–H and O–H groups in total. The summed E-state index contributed by atoms with van der Waals surface area (Å²) in [6, 6.07) is -0.172. The highest BCUT2D eigenvalue weighted by Crippen LogP contribution is 2.41. The molecule has 0 unspecified atom stereocenters. The van der Waals surface area contributed by atoms with Gasteiger partial charge in [-0.3, -0.25) is 4.90 Å².